The number of benzene rings is 7. The zero-order valence-corrected chi connectivity index (χ0v) is 26.1. The van der Waals surface area contributed by atoms with Gasteiger partial charge in [-0.3, -0.25) is 0 Å². The van der Waals surface area contributed by atoms with Gasteiger partial charge in [-0.05, 0) is 42.5 Å². The zero-order valence-electron chi connectivity index (χ0n) is 24.5. The van der Waals surface area contributed by atoms with Crippen molar-refractivity contribution in [3.05, 3.63) is 140 Å². The maximum absolute atomic E-state index is 6.36. The first-order valence-electron chi connectivity index (χ1n) is 15.5. The van der Waals surface area contributed by atoms with Gasteiger partial charge in [0.05, 0.1) is 11.0 Å². The quantitative estimate of drug-likeness (QED) is 0.188. The highest BCUT2D eigenvalue weighted by Gasteiger charge is 2.19. The Morgan fingerprint density at radius 1 is 0.391 bits per heavy atom. The lowest BCUT2D eigenvalue weighted by Gasteiger charge is -2.08. The van der Waals surface area contributed by atoms with Crippen LogP contribution < -0.4 is 0 Å². The number of para-hydroxylation sites is 2. The van der Waals surface area contributed by atoms with E-state index < -0.39 is 0 Å². The van der Waals surface area contributed by atoms with Crippen molar-refractivity contribution in [1.29, 1.82) is 0 Å². The van der Waals surface area contributed by atoms with Crippen LogP contribution in [-0.4, -0.2) is 4.57 Å². The van der Waals surface area contributed by atoms with Crippen LogP contribution >= 0.6 is 22.7 Å². The van der Waals surface area contributed by atoms with Crippen molar-refractivity contribution in [2.24, 2.45) is 0 Å². The fraction of sp³-hybridized carbons (Fsp3) is 0. The maximum Gasteiger partial charge on any atom is 0.137 e. The molecule has 4 heterocycles. The summed E-state index contributed by atoms with van der Waals surface area (Å²) in [6.45, 7) is 0. The summed E-state index contributed by atoms with van der Waals surface area (Å²) in [5.41, 5.74) is 7.98. The van der Waals surface area contributed by atoms with Crippen molar-refractivity contribution < 1.29 is 4.42 Å². The van der Waals surface area contributed by atoms with E-state index in [1.54, 1.807) is 0 Å². The number of thiophene rings is 2. The van der Waals surface area contributed by atoms with Crippen LogP contribution in [0.25, 0.3) is 101 Å². The van der Waals surface area contributed by atoms with Gasteiger partial charge in [-0.1, -0.05) is 91.0 Å². The van der Waals surface area contributed by atoms with Gasteiger partial charge in [0.15, 0.2) is 0 Å². The number of aromatic nitrogens is 1. The molecule has 0 aliphatic rings. The van der Waals surface area contributed by atoms with Crippen LogP contribution in [0, 0.1) is 0 Å². The summed E-state index contributed by atoms with van der Waals surface area (Å²) in [6, 6.07) is 50.9. The number of hydrogen-bond donors (Lipinski definition) is 0. The predicted molar refractivity (Wildman–Crippen MR) is 199 cm³/mol. The van der Waals surface area contributed by atoms with Crippen LogP contribution in [0.15, 0.2) is 144 Å². The Balaban J connectivity index is 1.17. The van der Waals surface area contributed by atoms with Crippen molar-refractivity contribution in [2.75, 3.05) is 0 Å². The van der Waals surface area contributed by atoms with E-state index >= 15 is 0 Å². The minimum atomic E-state index is 0.917. The summed E-state index contributed by atoms with van der Waals surface area (Å²) in [6.07, 6.45) is 0. The molecule has 4 aromatic heterocycles. The van der Waals surface area contributed by atoms with E-state index in [9.17, 15) is 0 Å². The molecule has 7 aromatic carbocycles. The molecule has 11 rings (SSSR count). The van der Waals surface area contributed by atoms with Gasteiger partial charge in [-0.15, -0.1) is 22.7 Å². The van der Waals surface area contributed by atoms with Crippen molar-refractivity contribution >= 4 is 107 Å². The Bertz CT molecular complexity index is 3040. The molecule has 0 saturated carbocycles. The van der Waals surface area contributed by atoms with E-state index in [4.69, 9.17) is 4.42 Å². The Kier molecular flexibility index (Phi) is 4.90. The third-order valence-corrected chi connectivity index (χ3v) is 12.0. The number of furan rings is 1. The molecule has 0 aliphatic heterocycles. The smallest absolute Gasteiger partial charge is 0.137 e. The summed E-state index contributed by atoms with van der Waals surface area (Å²) in [5, 5.41) is 10.1. The van der Waals surface area contributed by atoms with Crippen molar-refractivity contribution in [3.63, 3.8) is 0 Å². The van der Waals surface area contributed by atoms with Gasteiger partial charge in [-0.25, -0.2) is 0 Å². The summed E-state index contributed by atoms with van der Waals surface area (Å²) in [7, 11) is 0. The van der Waals surface area contributed by atoms with E-state index in [0.29, 0.717) is 0 Å². The van der Waals surface area contributed by atoms with Crippen LogP contribution in [0.1, 0.15) is 0 Å². The Hall–Kier alpha value is -5.42. The molecule has 0 radical (unpaired) electrons. The van der Waals surface area contributed by atoms with Crippen LogP contribution in [-0.2, 0) is 0 Å². The fourth-order valence-corrected chi connectivity index (χ4v) is 10.0. The van der Waals surface area contributed by atoms with Crippen molar-refractivity contribution in [3.8, 4) is 16.8 Å². The summed E-state index contributed by atoms with van der Waals surface area (Å²) in [5.74, 6) is 0. The topological polar surface area (TPSA) is 18.1 Å². The van der Waals surface area contributed by atoms with Gasteiger partial charge >= 0.3 is 0 Å². The Morgan fingerprint density at radius 3 is 1.87 bits per heavy atom. The minimum Gasteiger partial charge on any atom is -0.456 e. The van der Waals surface area contributed by atoms with Crippen LogP contribution in [0.3, 0.4) is 0 Å². The molecule has 4 heteroatoms. The highest BCUT2D eigenvalue weighted by Crippen LogP contribution is 2.46. The number of rotatable bonds is 2. The molecule has 0 unspecified atom stereocenters. The summed E-state index contributed by atoms with van der Waals surface area (Å²) >= 11 is 3.79. The van der Waals surface area contributed by atoms with Crippen LogP contribution in [0.5, 0.6) is 0 Å². The summed E-state index contributed by atoms with van der Waals surface area (Å²) < 4.78 is 14.1. The lowest BCUT2D eigenvalue weighted by Crippen LogP contribution is -1.93. The SMILES string of the molecule is c1ccc2c(c1)oc1cc3c(cc12)c1ccccc1n3-c1ccc2sc3c(-c4cccc5c4sc4ccccc45)cccc3c2c1. The van der Waals surface area contributed by atoms with Gasteiger partial charge in [0.2, 0.25) is 0 Å². The monoisotopic (exact) mass is 621 g/mol. The largest absolute Gasteiger partial charge is 0.456 e. The molecule has 0 amide bonds. The summed E-state index contributed by atoms with van der Waals surface area (Å²) in [4.78, 5) is 0. The first kappa shape index (κ1) is 24.8. The van der Waals surface area contributed by atoms with Gasteiger partial charge in [0, 0.05) is 84.8 Å². The molecule has 0 aliphatic carbocycles. The molecule has 46 heavy (non-hydrogen) atoms. The molecule has 0 saturated heterocycles. The second kappa shape index (κ2) is 9.07. The van der Waals surface area contributed by atoms with Gasteiger partial charge < -0.3 is 8.98 Å². The maximum atomic E-state index is 6.36. The van der Waals surface area contributed by atoms with Gasteiger partial charge in [0.25, 0.3) is 0 Å². The van der Waals surface area contributed by atoms with Crippen molar-refractivity contribution in [1.82, 2.24) is 4.57 Å². The molecule has 0 bridgehead atoms. The lowest BCUT2D eigenvalue weighted by molar-refractivity contribution is 0.669. The molecule has 11 aromatic rings. The van der Waals surface area contributed by atoms with E-state index in [1.807, 2.05) is 28.7 Å². The molecule has 0 fully saturated rings. The molecule has 0 N–H and O–H groups in total. The molecule has 2 nitrogen and oxygen atoms in total. The van der Waals surface area contributed by atoms with Crippen LogP contribution in [0.4, 0.5) is 0 Å². The molecular formula is C42H23NOS2. The minimum absolute atomic E-state index is 0.917. The van der Waals surface area contributed by atoms with E-state index in [2.05, 4.69) is 138 Å². The number of fused-ring (bicyclic) bond motifs is 12. The number of nitrogens with zero attached hydrogens (tertiary/aromatic N) is 1. The van der Waals surface area contributed by atoms with Crippen molar-refractivity contribution in [2.45, 2.75) is 0 Å². The second-order valence-corrected chi connectivity index (χ2v) is 14.2. The average Bonchev–Trinajstić information content (AvgIpc) is 3.85. The first-order valence-corrected chi connectivity index (χ1v) is 17.1. The predicted octanol–water partition coefficient (Wildman–Crippen LogP) is 13.1. The third kappa shape index (κ3) is 3.30. The highest BCUT2D eigenvalue weighted by atomic mass is 32.1. The molecule has 0 spiro atoms. The van der Waals surface area contributed by atoms with Crippen LogP contribution in [0.2, 0.25) is 0 Å². The Labute approximate surface area is 270 Å². The molecular weight excluding hydrogens is 599 g/mol. The fourth-order valence-electron chi connectivity index (χ4n) is 7.56. The molecule has 214 valence electrons. The third-order valence-electron chi connectivity index (χ3n) is 9.60. The molecule has 0 atom stereocenters. The van der Waals surface area contributed by atoms with E-state index in [-0.39, 0.29) is 0 Å². The normalized spacial score (nSPS) is 12.3. The van der Waals surface area contributed by atoms with E-state index in [1.165, 1.54) is 67.8 Å². The average molecular weight is 622 g/mol. The standard InChI is InChI=1S/C42H23NOS2/c1-4-16-35-25(9-1)32-22-33-26-10-2-5-17-37(26)44-38(33)23-36(32)43(35)24-19-20-40-34(21-24)31-15-8-14-30(42(31)46-40)29-13-7-12-28-27-11-3-6-18-39(27)45-41(28)29/h1-23H. The number of hydrogen-bond acceptors (Lipinski definition) is 3. The van der Waals surface area contributed by atoms with Gasteiger partial charge in [0.1, 0.15) is 11.2 Å². The highest BCUT2D eigenvalue weighted by molar-refractivity contribution is 7.27. The van der Waals surface area contributed by atoms with Gasteiger partial charge in [-0.2, -0.15) is 0 Å². The Morgan fingerprint density at radius 2 is 1.04 bits per heavy atom. The second-order valence-electron chi connectivity index (χ2n) is 12.1. The zero-order chi connectivity index (χ0) is 29.9. The van der Waals surface area contributed by atoms with E-state index in [0.717, 1.165) is 33.1 Å². The first-order chi connectivity index (χ1) is 22.8. The lowest BCUT2D eigenvalue weighted by atomic mass is 10.0.